The number of benzene rings is 6. The number of pyridine rings is 1. The Morgan fingerprint density at radius 2 is 1.37 bits per heavy atom. The van der Waals surface area contributed by atoms with Crippen molar-refractivity contribution in [2.75, 3.05) is 23.4 Å². The maximum Gasteiger partial charge on any atom is 0.261 e. The molecular formula is C58H55N3O5Si. The van der Waals surface area contributed by atoms with E-state index in [4.69, 9.17) is 14.1 Å². The Morgan fingerprint density at radius 3 is 2.03 bits per heavy atom. The molecule has 0 unspecified atom stereocenters. The molecule has 1 aliphatic carbocycles. The lowest BCUT2D eigenvalue weighted by Crippen LogP contribution is -2.66. The second-order valence-corrected chi connectivity index (χ2v) is 23.3. The molecule has 0 spiro atoms. The number of carbonyl (C=O) groups excluding carboxylic acids is 2. The number of amides is 2. The van der Waals surface area contributed by atoms with E-state index >= 15 is 0 Å². The summed E-state index contributed by atoms with van der Waals surface area (Å²) < 4.78 is 14.5. The van der Waals surface area contributed by atoms with Crippen LogP contribution in [-0.2, 0) is 18.8 Å². The van der Waals surface area contributed by atoms with E-state index < -0.39 is 20.2 Å². The number of anilines is 3. The number of ether oxygens (including phenoxy) is 1. The molecule has 0 saturated carbocycles. The molecule has 7 aromatic rings. The van der Waals surface area contributed by atoms with Gasteiger partial charge in [-0.15, -0.1) is 0 Å². The molecule has 3 aliphatic rings. The number of hydrogen-bond donors (Lipinski definition) is 2. The zero-order chi connectivity index (χ0) is 46.1. The van der Waals surface area contributed by atoms with Crippen LogP contribution < -0.4 is 20.6 Å². The van der Waals surface area contributed by atoms with Gasteiger partial charge in [-0.3, -0.25) is 19.5 Å². The number of hydrogen-bond acceptors (Lipinski definition) is 7. The average Bonchev–Trinajstić information content (AvgIpc) is 3.89. The summed E-state index contributed by atoms with van der Waals surface area (Å²) in [4.78, 5) is 35.8. The fourth-order valence-electron chi connectivity index (χ4n) is 10.9. The predicted octanol–water partition coefficient (Wildman–Crippen LogP) is 11.1. The van der Waals surface area contributed by atoms with E-state index in [-0.39, 0.29) is 34.6 Å². The Labute approximate surface area is 393 Å². The normalized spacial score (nSPS) is 19.7. The molecule has 2 N–H and O–H groups in total. The number of imide groups is 1. The fourth-order valence-corrected chi connectivity index (χ4v) is 15.5. The zero-order valence-electron chi connectivity index (χ0n) is 38.1. The highest BCUT2D eigenvalue weighted by atomic mass is 28.4. The Morgan fingerprint density at radius 1 is 0.746 bits per heavy atom. The van der Waals surface area contributed by atoms with E-state index in [1.54, 1.807) is 6.07 Å². The first-order chi connectivity index (χ1) is 32.6. The molecule has 3 heterocycles. The predicted molar refractivity (Wildman–Crippen MR) is 271 cm³/mol. The van der Waals surface area contributed by atoms with Crippen LogP contribution in [0.5, 0.6) is 5.75 Å². The van der Waals surface area contributed by atoms with Crippen LogP contribution in [0.1, 0.15) is 51.3 Å². The Bertz CT molecular complexity index is 2930. The van der Waals surface area contributed by atoms with E-state index in [9.17, 15) is 14.7 Å². The van der Waals surface area contributed by atoms with Crippen molar-refractivity contribution in [3.8, 4) is 5.75 Å². The van der Waals surface area contributed by atoms with Gasteiger partial charge in [-0.05, 0) is 123 Å². The largest absolute Gasteiger partial charge is 0.507 e. The van der Waals surface area contributed by atoms with E-state index in [2.05, 4.69) is 80.7 Å². The van der Waals surface area contributed by atoms with Crippen LogP contribution in [0.2, 0.25) is 5.04 Å². The maximum absolute atomic E-state index is 14.8. The summed E-state index contributed by atoms with van der Waals surface area (Å²) in [6.45, 7) is 7.48. The summed E-state index contributed by atoms with van der Waals surface area (Å²) in [6.07, 6.45) is 5.34. The molecule has 2 amide bonds. The lowest BCUT2D eigenvalue weighted by molar-refractivity contribution is -0.122. The van der Waals surface area contributed by atoms with Crippen molar-refractivity contribution >= 4 is 70.0 Å². The molecule has 4 atom stereocenters. The van der Waals surface area contributed by atoms with Crippen LogP contribution in [0.15, 0.2) is 187 Å². The number of para-hydroxylation sites is 1. The molecule has 10 rings (SSSR count). The highest BCUT2D eigenvalue weighted by molar-refractivity contribution is 6.99. The number of phenolic OH excluding ortho intramolecular Hbond substituents is 1. The molecule has 0 radical (unpaired) electrons. The average molecular weight is 902 g/mol. The molecule has 2 aliphatic heterocycles. The maximum atomic E-state index is 14.8. The molecular weight excluding hydrogens is 847 g/mol. The zero-order valence-corrected chi connectivity index (χ0v) is 39.1. The van der Waals surface area contributed by atoms with Crippen LogP contribution >= 0.6 is 0 Å². The van der Waals surface area contributed by atoms with Gasteiger partial charge in [0.1, 0.15) is 5.75 Å². The van der Waals surface area contributed by atoms with Crippen LogP contribution in [0.3, 0.4) is 0 Å². The molecule has 1 aromatic heterocycles. The number of allylic oxidation sites excluding steroid dienone is 1. The van der Waals surface area contributed by atoms with Crippen molar-refractivity contribution in [3.63, 3.8) is 0 Å². The fraction of sp³-hybridized carbons (Fsp3) is 0.224. The summed E-state index contributed by atoms with van der Waals surface area (Å²) in [5, 5.41) is 18.0. The minimum absolute atomic E-state index is 0.175. The topological polar surface area (TPSA) is 101 Å². The molecule has 2 fully saturated rings. The van der Waals surface area contributed by atoms with E-state index in [1.165, 1.54) is 15.3 Å². The van der Waals surface area contributed by atoms with Crippen LogP contribution in [-0.4, -0.2) is 49.5 Å². The first-order valence-corrected chi connectivity index (χ1v) is 25.2. The molecule has 6 aromatic carbocycles. The van der Waals surface area contributed by atoms with Gasteiger partial charge in [-0.2, -0.15) is 0 Å². The quantitative estimate of drug-likeness (QED) is 0.0675. The number of carbonyl (C=O) groups is 2. The van der Waals surface area contributed by atoms with E-state index in [1.807, 2.05) is 121 Å². The number of fused-ring (bicyclic) bond motifs is 4. The second kappa shape index (κ2) is 18.4. The van der Waals surface area contributed by atoms with Crippen molar-refractivity contribution < 1.29 is 23.9 Å². The van der Waals surface area contributed by atoms with Gasteiger partial charge >= 0.3 is 0 Å². The van der Waals surface area contributed by atoms with Crippen molar-refractivity contribution in [1.82, 2.24) is 4.98 Å². The van der Waals surface area contributed by atoms with Gasteiger partial charge < -0.3 is 19.6 Å². The Balaban J connectivity index is 1.02. The molecule has 336 valence electrons. The van der Waals surface area contributed by atoms with Crippen LogP contribution in [0, 0.1) is 17.8 Å². The van der Waals surface area contributed by atoms with Crippen molar-refractivity contribution in [3.05, 3.63) is 198 Å². The van der Waals surface area contributed by atoms with Crippen LogP contribution in [0.4, 0.5) is 17.1 Å². The Hall–Kier alpha value is -6.91. The number of aromatic nitrogens is 1. The van der Waals surface area contributed by atoms with Crippen LogP contribution in [0.25, 0.3) is 22.4 Å². The van der Waals surface area contributed by atoms with Crippen molar-refractivity contribution in [2.45, 2.75) is 51.2 Å². The van der Waals surface area contributed by atoms with Gasteiger partial charge in [0.05, 0.1) is 42.5 Å². The standard InChI is InChI=1S/C58H55N3O5Si/c1-58(2,3)67(45-19-9-5-10-20-45,46-21-11-6-12-22-46)66-37-41-36-49-55(57(64)61(56(49)63)44-30-28-43(29-31-44)60-42-17-7-4-8-18-42)50-38-65-53(54(41)50)33-27-40(51-25-15-16-34-59-51)35-39-26-32-52(62)48-24-14-13-23-47(39)48/h4-26,28-32,34-35,49-50,53,55,60,62H,27,33,36-38H2,1-3H3/b40-35-/t49-,50+,53-,55-/m1/s1. The third-order valence-corrected chi connectivity index (χ3v) is 19.0. The van der Waals surface area contributed by atoms with Gasteiger partial charge in [0.2, 0.25) is 11.8 Å². The Kier molecular flexibility index (Phi) is 12.1. The highest BCUT2D eigenvalue weighted by Crippen LogP contribution is 2.51. The molecule has 8 nitrogen and oxygen atoms in total. The number of rotatable bonds is 13. The summed E-state index contributed by atoms with van der Waals surface area (Å²) in [5.41, 5.74) is 7.41. The third kappa shape index (κ3) is 8.32. The van der Waals surface area contributed by atoms with E-state index in [0.717, 1.165) is 50.1 Å². The molecule has 0 bridgehead atoms. The summed E-state index contributed by atoms with van der Waals surface area (Å²) in [5.74, 6) is -1.50. The van der Waals surface area contributed by atoms with Gasteiger partial charge in [0.25, 0.3) is 8.32 Å². The summed E-state index contributed by atoms with van der Waals surface area (Å²) in [6, 6.07) is 56.2. The third-order valence-electron chi connectivity index (χ3n) is 14.0. The SMILES string of the molecule is CC(C)(C)[Si](OCC1=C2[C@@H](CC/C(=C/c3ccc(O)c4ccccc34)c3ccccn3)OC[C@@H]2[C@@H]2C(=O)N(c3ccc(Nc4ccccc4)cc3)C(=O)[C@@H]2C1)(c1ccccc1)c1ccccc1. The number of nitrogens with zero attached hydrogens (tertiary/aromatic N) is 2. The first kappa shape index (κ1) is 44.0. The first-order valence-electron chi connectivity index (χ1n) is 23.3. The number of phenols is 1. The molecule has 2 saturated heterocycles. The van der Waals surface area contributed by atoms with Crippen molar-refractivity contribution in [1.29, 1.82) is 0 Å². The monoisotopic (exact) mass is 901 g/mol. The molecule has 9 heteroatoms. The lowest BCUT2D eigenvalue weighted by Gasteiger charge is -2.44. The van der Waals surface area contributed by atoms with Gasteiger partial charge in [0.15, 0.2) is 0 Å². The minimum atomic E-state index is -2.99. The minimum Gasteiger partial charge on any atom is -0.507 e. The highest BCUT2D eigenvalue weighted by Gasteiger charge is 2.58. The van der Waals surface area contributed by atoms with Gasteiger partial charge in [-0.25, -0.2) is 0 Å². The van der Waals surface area contributed by atoms with Gasteiger partial charge in [-0.1, -0.05) is 136 Å². The summed E-state index contributed by atoms with van der Waals surface area (Å²) >= 11 is 0. The summed E-state index contributed by atoms with van der Waals surface area (Å²) in [7, 11) is -2.99. The second-order valence-electron chi connectivity index (χ2n) is 19.0. The number of aromatic hydroxyl groups is 1. The smallest absolute Gasteiger partial charge is 0.261 e. The molecule has 67 heavy (non-hydrogen) atoms. The van der Waals surface area contributed by atoms with E-state index in [0.29, 0.717) is 38.2 Å². The number of nitrogens with one attached hydrogen (secondary N) is 1. The van der Waals surface area contributed by atoms with Gasteiger partial charge in [0, 0.05) is 28.9 Å². The van der Waals surface area contributed by atoms with Crippen molar-refractivity contribution in [2.24, 2.45) is 17.8 Å². The lowest BCUT2D eigenvalue weighted by atomic mass is 9.69.